The quantitative estimate of drug-likeness (QED) is 0.603. The maximum Gasteiger partial charge on any atom is 0.186 e. The first-order valence-electron chi connectivity index (χ1n) is 3.52. The van der Waals surface area contributed by atoms with Crippen molar-refractivity contribution >= 4 is 0 Å². The minimum absolute atomic E-state index is 0.137. The Labute approximate surface area is 64.6 Å². The van der Waals surface area contributed by atoms with Crippen LogP contribution in [0.3, 0.4) is 0 Å². The molecule has 2 rings (SSSR count). The van der Waals surface area contributed by atoms with Gasteiger partial charge in [0.15, 0.2) is 6.29 Å². The monoisotopic (exact) mass is 151 g/mol. The summed E-state index contributed by atoms with van der Waals surface area (Å²) in [4.78, 5) is 3.99. The molecule has 0 spiro atoms. The van der Waals surface area contributed by atoms with Crippen molar-refractivity contribution in [1.29, 1.82) is 0 Å². The Balaban J connectivity index is 2.25. The fourth-order valence-electron chi connectivity index (χ4n) is 1.08. The van der Waals surface area contributed by atoms with Crippen LogP contribution in [-0.4, -0.2) is 16.4 Å². The Morgan fingerprint density at radius 3 is 2.82 bits per heavy atom. The van der Waals surface area contributed by atoms with Gasteiger partial charge in [-0.15, -0.1) is 0 Å². The highest BCUT2D eigenvalue weighted by Gasteiger charge is 2.38. The topological polar surface area (TPSA) is 45.7 Å². The number of aryl methyl sites for hydroxylation is 1. The smallest absolute Gasteiger partial charge is 0.186 e. The van der Waals surface area contributed by atoms with Crippen LogP contribution in [0.4, 0.5) is 0 Å². The number of aromatic nitrogens is 1. The van der Waals surface area contributed by atoms with E-state index in [0.29, 0.717) is 0 Å². The zero-order chi connectivity index (χ0) is 7.84. The van der Waals surface area contributed by atoms with Gasteiger partial charge in [-0.1, -0.05) is 6.07 Å². The van der Waals surface area contributed by atoms with Gasteiger partial charge in [-0.25, -0.2) is 0 Å². The largest absolute Gasteiger partial charge is 0.366 e. The van der Waals surface area contributed by atoms with Gasteiger partial charge in [-0.3, -0.25) is 4.98 Å². The number of aliphatic hydroxyl groups is 1. The number of ether oxygens (including phenoxy) is 1. The zero-order valence-corrected chi connectivity index (χ0v) is 6.19. The van der Waals surface area contributed by atoms with E-state index in [-0.39, 0.29) is 6.10 Å². The van der Waals surface area contributed by atoms with E-state index in [9.17, 15) is 0 Å². The van der Waals surface area contributed by atoms with Crippen LogP contribution >= 0.6 is 0 Å². The molecule has 2 heterocycles. The lowest BCUT2D eigenvalue weighted by Gasteiger charge is -1.94. The number of epoxide rings is 1. The molecular formula is C8H9NO2. The van der Waals surface area contributed by atoms with Gasteiger partial charge in [-0.2, -0.15) is 0 Å². The molecule has 1 aromatic heterocycles. The number of pyridine rings is 1. The molecule has 1 aliphatic rings. The molecule has 11 heavy (non-hydrogen) atoms. The van der Waals surface area contributed by atoms with E-state index in [4.69, 9.17) is 9.84 Å². The van der Waals surface area contributed by atoms with Crippen LogP contribution in [0, 0.1) is 6.92 Å². The zero-order valence-electron chi connectivity index (χ0n) is 6.19. The van der Waals surface area contributed by atoms with E-state index in [1.807, 2.05) is 13.0 Å². The fraction of sp³-hybridized carbons (Fsp3) is 0.375. The fourth-order valence-corrected chi connectivity index (χ4v) is 1.08. The highest BCUT2D eigenvalue weighted by atomic mass is 16.7. The standard InChI is InChI=1S/C8H9NO2/c1-5-2-6(4-9-3-5)7-8(10)11-7/h2-4,7-8,10H,1H3. The average Bonchev–Trinajstić information content (AvgIpc) is 2.67. The van der Waals surface area contributed by atoms with Gasteiger partial charge in [0.05, 0.1) is 0 Å². The molecule has 1 aromatic rings. The first-order valence-corrected chi connectivity index (χ1v) is 3.52. The molecule has 0 aliphatic carbocycles. The first-order chi connectivity index (χ1) is 5.27. The van der Waals surface area contributed by atoms with Crippen molar-refractivity contribution in [3.63, 3.8) is 0 Å². The Morgan fingerprint density at radius 2 is 2.27 bits per heavy atom. The predicted molar refractivity (Wildman–Crippen MR) is 38.8 cm³/mol. The van der Waals surface area contributed by atoms with Crippen molar-refractivity contribution in [3.8, 4) is 0 Å². The molecular weight excluding hydrogens is 142 g/mol. The highest BCUT2D eigenvalue weighted by molar-refractivity contribution is 5.21. The van der Waals surface area contributed by atoms with E-state index >= 15 is 0 Å². The van der Waals surface area contributed by atoms with Gasteiger partial charge >= 0.3 is 0 Å². The Bertz CT molecular complexity index is 275. The Hall–Kier alpha value is -0.930. The van der Waals surface area contributed by atoms with Gasteiger partial charge in [0.2, 0.25) is 0 Å². The summed E-state index contributed by atoms with van der Waals surface area (Å²) in [5, 5.41) is 8.92. The Morgan fingerprint density at radius 1 is 1.55 bits per heavy atom. The lowest BCUT2D eigenvalue weighted by atomic mass is 10.2. The maximum atomic E-state index is 8.92. The van der Waals surface area contributed by atoms with Crippen molar-refractivity contribution in [2.24, 2.45) is 0 Å². The van der Waals surface area contributed by atoms with Crippen LogP contribution in [0.2, 0.25) is 0 Å². The second kappa shape index (κ2) is 2.29. The summed E-state index contributed by atoms with van der Waals surface area (Å²) in [5.74, 6) is 0. The normalized spacial score (nSPS) is 28.5. The molecule has 0 amide bonds. The van der Waals surface area contributed by atoms with E-state index in [2.05, 4.69) is 4.98 Å². The second-order valence-electron chi connectivity index (χ2n) is 2.74. The summed E-state index contributed by atoms with van der Waals surface area (Å²) in [5.41, 5.74) is 2.04. The number of rotatable bonds is 1. The van der Waals surface area contributed by atoms with Gasteiger partial charge in [0, 0.05) is 18.0 Å². The molecule has 3 nitrogen and oxygen atoms in total. The SMILES string of the molecule is Cc1cncc(C2OC2O)c1. The molecule has 1 fully saturated rings. The molecule has 1 N–H and O–H groups in total. The third-order valence-electron chi connectivity index (χ3n) is 1.69. The lowest BCUT2D eigenvalue weighted by Crippen LogP contribution is -1.88. The molecule has 0 saturated carbocycles. The third-order valence-corrected chi connectivity index (χ3v) is 1.69. The summed E-state index contributed by atoms with van der Waals surface area (Å²) >= 11 is 0. The van der Waals surface area contributed by atoms with Crippen LogP contribution in [0.25, 0.3) is 0 Å². The maximum absolute atomic E-state index is 8.92. The van der Waals surface area contributed by atoms with Gasteiger partial charge in [0.1, 0.15) is 6.10 Å². The minimum Gasteiger partial charge on any atom is -0.366 e. The molecule has 0 bridgehead atoms. The summed E-state index contributed by atoms with van der Waals surface area (Å²) in [7, 11) is 0. The van der Waals surface area contributed by atoms with E-state index in [1.165, 1.54) is 0 Å². The molecule has 0 aromatic carbocycles. The van der Waals surface area contributed by atoms with Crippen LogP contribution in [0.1, 0.15) is 17.2 Å². The van der Waals surface area contributed by atoms with E-state index in [1.54, 1.807) is 12.4 Å². The molecule has 0 radical (unpaired) electrons. The summed E-state index contributed by atoms with van der Waals surface area (Å²) in [6.45, 7) is 1.96. The first kappa shape index (κ1) is 6.76. The van der Waals surface area contributed by atoms with E-state index < -0.39 is 6.29 Å². The van der Waals surface area contributed by atoms with Crippen LogP contribution < -0.4 is 0 Å². The molecule has 1 saturated heterocycles. The van der Waals surface area contributed by atoms with Crippen molar-refractivity contribution < 1.29 is 9.84 Å². The number of nitrogens with zero attached hydrogens (tertiary/aromatic N) is 1. The van der Waals surface area contributed by atoms with Gasteiger partial charge in [-0.05, 0) is 12.5 Å². The van der Waals surface area contributed by atoms with Crippen LogP contribution in [0.5, 0.6) is 0 Å². The second-order valence-corrected chi connectivity index (χ2v) is 2.74. The van der Waals surface area contributed by atoms with Crippen molar-refractivity contribution in [3.05, 3.63) is 29.6 Å². The minimum atomic E-state index is -0.612. The average molecular weight is 151 g/mol. The number of hydrogen-bond acceptors (Lipinski definition) is 3. The molecule has 1 aliphatic heterocycles. The summed E-state index contributed by atoms with van der Waals surface area (Å²) < 4.78 is 4.87. The van der Waals surface area contributed by atoms with Crippen LogP contribution in [-0.2, 0) is 4.74 Å². The highest BCUT2D eigenvalue weighted by Crippen LogP contribution is 2.36. The summed E-state index contributed by atoms with van der Waals surface area (Å²) in [6, 6.07) is 1.97. The number of hydrogen-bond donors (Lipinski definition) is 1. The molecule has 2 atom stereocenters. The molecule has 58 valence electrons. The summed E-state index contributed by atoms with van der Waals surface area (Å²) in [6.07, 6.45) is 2.74. The van der Waals surface area contributed by atoms with Crippen LogP contribution in [0.15, 0.2) is 18.5 Å². The Kier molecular flexibility index (Phi) is 1.41. The van der Waals surface area contributed by atoms with Gasteiger partial charge in [0.25, 0.3) is 0 Å². The van der Waals surface area contributed by atoms with Gasteiger partial charge < -0.3 is 9.84 Å². The third kappa shape index (κ3) is 1.25. The van der Waals surface area contributed by atoms with E-state index in [0.717, 1.165) is 11.1 Å². The molecule has 3 heteroatoms. The number of aliphatic hydroxyl groups excluding tert-OH is 1. The van der Waals surface area contributed by atoms with Crippen molar-refractivity contribution in [2.45, 2.75) is 19.3 Å². The van der Waals surface area contributed by atoms with Crippen molar-refractivity contribution in [1.82, 2.24) is 4.98 Å². The lowest BCUT2D eigenvalue weighted by molar-refractivity contribution is 0.156. The molecule has 2 unspecified atom stereocenters. The predicted octanol–water partition coefficient (Wildman–Crippen LogP) is 0.780. The van der Waals surface area contributed by atoms with Crippen molar-refractivity contribution in [2.75, 3.05) is 0 Å².